The van der Waals surface area contributed by atoms with Gasteiger partial charge in [0.15, 0.2) is 0 Å². The van der Waals surface area contributed by atoms with Crippen LogP contribution in [0.5, 0.6) is 0 Å². The number of rotatable bonds is 6. The number of nitrogens with one attached hydrogen (secondary N) is 1. The summed E-state index contributed by atoms with van der Waals surface area (Å²) in [5.74, 6) is -0.172. The molecule has 4 rings (SSSR count). The molecular formula is C23H27FN4O3S. The number of unbranched alkanes of at least 4 members (excludes halogenated alkanes) is 1. The van der Waals surface area contributed by atoms with Crippen molar-refractivity contribution in [2.75, 3.05) is 31.1 Å². The minimum absolute atomic E-state index is 0.122. The normalized spacial score (nSPS) is 19.5. The highest BCUT2D eigenvalue weighted by Crippen LogP contribution is 2.24. The zero-order chi connectivity index (χ0) is 22.7. The lowest BCUT2D eigenvalue weighted by Gasteiger charge is -2.37. The average molecular weight is 459 g/mol. The predicted molar refractivity (Wildman–Crippen MR) is 122 cm³/mol. The number of hydrogen-bond donors (Lipinski definition) is 1. The fraction of sp³-hybridized carbons (Fsp3) is 0.391. The van der Waals surface area contributed by atoms with Crippen LogP contribution in [0.2, 0.25) is 0 Å². The number of piperazine rings is 1. The SMILES string of the molecule is CCCCC(N=C1NS(=O)(=O)c2ccccc21)C(=O)N1CCN(c2ccccc2F)CC1. The molecule has 0 aromatic heterocycles. The number of hydrogen-bond acceptors (Lipinski definition) is 5. The number of carbonyl (C=O) groups is 1. The summed E-state index contributed by atoms with van der Waals surface area (Å²) in [4.78, 5) is 21.8. The highest BCUT2D eigenvalue weighted by Gasteiger charge is 2.33. The molecule has 2 aromatic rings. The highest BCUT2D eigenvalue weighted by atomic mass is 32.2. The van der Waals surface area contributed by atoms with Crippen LogP contribution in [0, 0.1) is 5.82 Å². The lowest BCUT2D eigenvalue weighted by atomic mass is 10.1. The van der Waals surface area contributed by atoms with Gasteiger partial charge in [0.2, 0.25) is 5.91 Å². The smallest absolute Gasteiger partial charge is 0.263 e. The average Bonchev–Trinajstić information content (AvgIpc) is 3.06. The molecule has 1 fully saturated rings. The lowest BCUT2D eigenvalue weighted by Crippen LogP contribution is -2.51. The second-order valence-electron chi connectivity index (χ2n) is 8.00. The van der Waals surface area contributed by atoms with E-state index in [1.54, 1.807) is 41.3 Å². The van der Waals surface area contributed by atoms with E-state index in [1.807, 2.05) is 11.8 Å². The maximum Gasteiger partial charge on any atom is 0.263 e. The Bertz CT molecular complexity index is 1130. The molecule has 9 heteroatoms. The van der Waals surface area contributed by atoms with Gasteiger partial charge in [0, 0.05) is 31.7 Å². The summed E-state index contributed by atoms with van der Waals surface area (Å²) in [6.07, 6.45) is 2.24. The molecule has 0 saturated carbocycles. The molecule has 2 heterocycles. The molecule has 2 aliphatic rings. The molecule has 7 nitrogen and oxygen atoms in total. The van der Waals surface area contributed by atoms with Crippen molar-refractivity contribution in [3.05, 3.63) is 59.9 Å². The minimum atomic E-state index is -3.66. The Morgan fingerprint density at radius 1 is 1.09 bits per heavy atom. The van der Waals surface area contributed by atoms with E-state index in [2.05, 4.69) is 9.71 Å². The molecule has 1 unspecified atom stereocenters. The third kappa shape index (κ3) is 4.48. The number of amides is 1. The summed E-state index contributed by atoms with van der Waals surface area (Å²) in [6.45, 7) is 4.01. The molecule has 0 bridgehead atoms. The van der Waals surface area contributed by atoms with Crippen molar-refractivity contribution >= 4 is 27.5 Å². The van der Waals surface area contributed by atoms with E-state index in [-0.39, 0.29) is 22.5 Å². The zero-order valence-electron chi connectivity index (χ0n) is 18.0. The zero-order valence-corrected chi connectivity index (χ0v) is 18.8. The Kier molecular flexibility index (Phi) is 6.45. The summed E-state index contributed by atoms with van der Waals surface area (Å²) in [5.41, 5.74) is 1.03. The van der Waals surface area contributed by atoms with Gasteiger partial charge in [-0.15, -0.1) is 0 Å². The number of amidine groups is 1. The van der Waals surface area contributed by atoms with Gasteiger partial charge in [-0.05, 0) is 30.7 Å². The number of sulfonamides is 1. The largest absolute Gasteiger partial charge is 0.366 e. The molecule has 1 N–H and O–H groups in total. The van der Waals surface area contributed by atoms with Gasteiger partial charge in [-0.1, -0.05) is 44.0 Å². The molecule has 1 atom stereocenters. The minimum Gasteiger partial charge on any atom is -0.366 e. The Labute approximate surface area is 188 Å². The fourth-order valence-electron chi connectivity index (χ4n) is 4.11. The molecule has 1 saturated heterocycles. The summed E-state index contributed by atoms with van der Waals surface area (Å²) in [5, 5.41) is 0. The van der Waals surface area contributed by atoms with Crippen molar-refractivity contribution in [2.24, 2.45) is 4.99 Å². The standard InChI is InChI=1S/C23H27FN4O3S/c1-2-3-10-19(25-22-17-8-4-7-12-21(17)32(30,31)26-22)23(29)28-15-13-27(14-16-28)20-11-6-5-9-18(20)24/h4-9,11-12,19H,2-3,10,13-16H2,1H3,(H,25,26). The van der Waals surface area contributed by atoms with Crippen LogP contribution >= 0.6 is 0 Å². The maximum absolute atomic E-state index is 14.1. The van der Waals surface area contributed by atoms with E-state index in [0.29, 0.717) is 43.9 Å². The van der Waals surface area contributed by atoms with Crippen molar-refractivity contribution < 1.29 is 17.6 Å². The van der Waals surface area contributed by atoms with Crippen LogP contribution in [0.1, 0.15) is 31.7 Å². The van der Waals surface area contributed by atoms with Gasteiger partial charge in [0.05, 0.1) is 10.6 Å². The molecule has 0 radical (unpaired) electrons. The second-order valence-corrected chi connectivity index (χ2v) is 9.65. The van der Waals surface area contributed by atoms with Gasteiger partial charge in [-0.2, -0.15) is 0 Å². The van der Waals surface area contributed by atoms with E-state index in [4.69, 9.17) is 0 Å². The molecule has 0 aliphatic carbocycles. The van der Waals surface area contributed by atoms with E-state index in [0.717, 1.165) is 12.8 Å². The fourth-order valence-corrected chi connectivity index (χ4v) is 5.35. The maximum atomic E-state index is 14.1. The van der Waals surface area contributed by atoms with Crippen molar-refractivity contribution in [1.82, 2.24) is 9.62 Å². The molecule has 32 heavy (non-hydrogen) atoms. The van der Waals surface area contributed by atoms with E-state index in [1.165, 1.54) is 12.1 Å². The van der Waals surface area contributed by atoms with Crippen LogP contribution in [0.25, 0.3) is 0 Å². The first-order chi connectivity index (χ1) is 15.4. The summed E-state index contributed by atoms with van der Waals surface area (Å²) in [7, 11) is -3.66. The first-order valence-corrected chi connectivity index (χ1v) is 12.4. The number of halogens is 1. The first-order valence-electron chi connectivity index (χ1n) is 10.9. The molecule has 0 spiro atoms. The van der Waals surface area contributed by atoms with Crippen LogP contribution in [-0.2, 0) is 14.8 Å². The predicted octanol–water partition coefficient (Wildman–Crippen LogP) is 2.77. The molecule has 2 aromatic carbocycles. The quantitative estimate of drug-likeness (QED) is 0.722. The van der Waals surface area contributed by atoms with Gasteiger partial charge < -0.3 is 9.80 Å². The number of nitrogens with zero attached hydrogens (tertiary/aromatic N) is 3. The van der Waals surface area contributed by atoms with E-state index >= 15 is 0 Å². The Hall–Kier alpha value is -2.94. The van der Waals surface area contributed by atoms with Gasteiger partial charge in [0.1, 0.15) is 17.7 Å². The molecule has 2 aliphatic heterocycles. The topological polar surface area (TPSA) is 82.1 Å². The van der Waals surface area contributed by atoms with Crippen molar-refractivity contribution in [3.63, 3.8) is 0 Å². The monoisotopic (exact) mass is 458 g/mol. The van der Waals surface area contributed by atoms with Gasteiger partial charge in [0.25, 0.3) is 10.0 Å². The summed E-state index contributed by atoms with van der Waals surface area (Å²) < 4.78 is 41.4. The number of fused-ring (bicyclic) bond motifs is 1. The van der Waals surface area contributed by atoms with Crippen LogP contribution in [0.4, 0.5) is 10.1 Å². The summed E-state index contributed by atoms with van der Waals surface area (Å²) in [6, 6.07) is 12.6. The Morgan fingerprint density at radius 2 is 1.78 bits per heavy atom. The third-order valence-corrected chi connectivity index (χ3v) is 7.25. The Morgan fingerprint density at radius 3 is 2.50 bits per heavy atom. The molecular weight excluding hydrogens is 431 g/mol. The van der Waals surface area contributed by atoms with Crippen molar-refractivity contribution in [3.8, 4) is 0 Å². The van der Waals surface area contributed by atoms with Crippen molar-refractivity contribution in [2.45, 2.75) is 37.1 Å². The van der Waals surface area contributed by atoms with Crippen LogP contribution < -0.4 is 9.62 Å². The third-order valence-electron chi connectivity index (χ3n) is 5.85. The van der Waals surface area contributed by atoms with E-state index < -0.39 is 16.1 Å². The van der Waals surface area contributed by atoms with Gasteiger partial charge >= 0.3 is 0 Å². The van der Waals surface area contributed by atoms with Crippen LogP contribution in [0.3, 0.4) is 0 Å². The summed E-state index contributed by atoms with van der Waals surface area (Å²) >= 11 is 0. The number of anilines is 1. The van der Waals surface area contributed by atoms with Gasteiger partial charge in [-0.3, -0.25) is 14.5 Å². The molecule has 1 amide bonds. The number of benzene rings is 2. The highest BCUT2D eigenvalue weighted by molar-refractivity contribution is 7.90. The van der Waals surface area contributed by atoms with E-state index in [9.17, 15) is 17.6 Å². The van der Waals surface area contributed by atoms with Crippen LogP contribution in [0.15, 0.2) is 58.4 Å². The molecule has 170 valence electrons. The lowest BCUT2D eigenvalue weighted by molar-refractivity contribution is -0.133. The second kappa shape index (κ2) is 9.28. The number of para-hydroxylation sites is 1. The Balaban J connectivity index is 1.51. The number of carbonyl (C=O) groups excluding carboxylic acids is 1. The van der Waals surface area contributed by atoms with Gasteiger partial charge in [-0.25, -0.2) is 12.8 Å². The number of aliphatic imine (C=N–C) groups is 1. The first kappa shape index (κ1) is 22.3. The van der Waals surface area contributed by atoms with Crippen molar-refractivity contribution in [1.29, 1.82) is 0 Å². The van der Waals surface area contributed by atoms with Crippen LogP contribution in [-0.4, -0.2) is 57.3 Å².